The number of halogens is 4. The fraction of sp³-hybridized carbons (Fsp3) is 0.278. The van der Waals surface area contributed by atoms with E-state index in [4.69, 9.17) is 5.73 Å². The van der Waals surface area contributed by atoms with Gasteiger partial charge in [-0.1, -0.05) is 30.3 Å². The number of anilines is 1. The average Bonchev–Trinajstić information content (AvgIpc) is 2.52. The van der Waals surface area contributed by atoms with E-state index in [0.717, 1.165) is 5.56 Å². The summed E-state index contributed by atoms with van der Waals surface area (Å²) in [6, 6.07) is 12.9. The van der Waals surface area contributed by atoms with E-state index in [1.807, 2.05) is 18.2 Å². The molecule has 0 aliphatic heterocycles. The summed E-state index contributed by atoms with van der Waals surface area (Å²) < 4.78 is 40.7. The van der Waals surface area contributed by atoms with E-state index < -0.39 is 6.36 Å². The standard InChI is InChI=1S/C18H19F3N2O2.ClH/c1-23(17(24)10-9-14-6-2-3-8-16(14)22)12-13-5-4-7-15(11-13)25-18(19,20)21;/h2-8,11H,9-10,12,22H2,1H3;1H. The van der Waals surface area contributed by atoms with Crippen molar-refractivity contribution in [2.45, 2.75) is 25.7 Å². The highest BCUT2D eigenvalue weighted by molar-refractivity contribution is 5.85. The molecule has 4 nitrogen and oxygen atoms in total. The Labute approximate surface area is 156 Å². The number of alkyl halides is 3. The zero-order chi connectivity index (χ0) is 18.4. The van der Waals surface area contributed by atoms with Crippen molar-refractivity contribution < 1.29 is 22.7 Å². The maximum Gasteiger partial charge on any atom is 0.573 e. The first kappa shape index (κ1) is 21.6. The summed E-state index contributed by atoms with van der Waals surface area (Å²) >= 11 is 0. The third-order valence-corrected chi connectivity index (χ3v) is 3.64. The van der Waals surface area contributed by atoms with Gasteiger partial charge in [0.15, 0.2) is 0 Å². The predicted molar refractivity (Wildman–Crippen MR) is 96.0 cm³/mol. The molecule has 1 amide bonds. The van der Waals surface area contributed by atoms with Crippen molar-refractivity contribution in [1.82, 2.24) is 4.90 Å². The Balaban J connectivity index is 0.00000338. The van der Waals surface area contributed by atoms with Crippen LogP contribution in [0.2, 0.25) is 0 Å². The quantitative estimate of drug-likeness (QED) is 0.755. The monoisotopic (exact) mass is 388 g/mol. The molecular weight excluding hydrogens is 369 g/mol. The van der Waals surface area contributed by atoms with Gasteiger partial charge in [0.1, 0.15) is 5.75 Å². The Hall–Kier alpha value is -2.41. The lowest BCUT2D eigenvalue weighted by atomic mass is 10.1. The van der Waals surface area contributed by atoms with Crippen molar-refractivity contribution >= 4 is 24.0 Å². The Morgan fingerprint density at radius 3 is 2.50 bits per heavy atom. The first-order valence-electron chi connectivity index (χ1n) is 7.66. The molecule has 2 N–H and O–H groups in total. The van der Waals surface area contributed by atoms with E-state index in [-0.39, 0.29) is 37.0 Å². The molecule has 2 aromatic carbocycles. The molecule has 0 bridgehead atoms. The predicted octanol–water partition coefficient (Wildman–Crippen LogP) is 4.18. The second-order valence-electron chi connectivity index (χ2n) is 5.64. The molecule has 0 aromatic heterocycles. The number of nitrogens with two attached hydrogens (primary N) is 1. The van der Waals surface area contributed by atoms with Crippen molar-refractivity contribution in [3.8, 4) is 5.75 Å². The molecular formula is C18H20ClF3N2O2. The van der Waals surface area contributed by atoms with E-state index >= 15 is 0 Å². The van der Waals surface area contributed by atoms with E-state index in [1.54, 1.807) is 19.2 Å². The first-order chi connectivity index (χ1) is 11.7. The van der Waals surface area contributed by atoms with Gasteiger partial charge in [-0.2, -0.15) is 0 Å². The number of ether oxygens (including phenoxy) is 1. The summed E-state index contributed by atoms with van der Waals surface area (Å²) in [6.45, 7) is 0.193. The highest BCUT2D eigenvalue weighted by atomic mass is 35.5. The van der Waals surface area contributed by atoms with Crippen LogP contribution in [0.4, 0.5) is 18.9 Å². The minimum atomic E-state index is -4.74. The molecule has 0 fully saturated rings. The van der Waals surface area contributed by atoms with Crippen molar-refractivity contribution in [3.05, 3.63) is 59.7 Å². The minimum Gasteiger partial charge on any atom is -0.406 e. The maximum atomic E-state index is 12.3. The van der Waals surface area contributed by atoms with Gasteiger partial charge in [0.2, 0.25) is 5.91 Å². The molecule has 0 aliphatic rings. The second kappa shape index (κ2) is 9.33. The second-order valence-corrected chi connectivity index (χ2v) is 5.64. The van der Waals surface area contributed by atoms with E-state index in [0.29, 0.717) is 17.7 Å². The first-order valence-corrected chi connectivity index (χ1v) is 7.66. The number of hydrogen-bond acceptors (Lipinski definition) is 3. The van der Waals surface area contributed by atoms with Gasteiger partial charge in [-0.15, -0.1) is 25.6 Å². The number of amides is 1. The van der Waals surface area contributed by atoms with Crippen molar-refractivity contribution in [3.63, 3.8) is 0 Å². The molecule has 142 valence electrons. The lowest BCUT2D eigenvalue weighted by Crippen LogP contribution is -2.26. The molecule has 8 heteroatoms. The van der Waals surface area contributed by atoms with Crippen LogP contribution in [0.1, 0.15) is 17.5 Å². The van der Waals surface area contributed by atoms with Gasteiger partial charge >= 0.3 is 6.36 Å². The summed E-state index contributed by atoms with van der Waals surface area (Å²) in [5.41, 5.74) is 7.92. The molecule has 0 aliphatic carbocycles. The highest BCUT2D eigenvalue weighted by Gasteiger charge is 2.31. The SMILES string of the molecule is CN(Cc1cccc(OC(F)(F)F)c1)C(=O)CCc1ccccc1N.Cl. The van der Waals surface area contributed by atoms with Gasteiger partial charge < -0.3 is 15.4 Å². The number of carbonyl (C=O) groups is 1. The molecule has 2 aromatic rings. The lowest BCUT2D eigenvalue weighted by Gasteiger charge is -2.18. The lowest BCUT2D eigenvalue weighted by molar-refractivity contribution is -0.274. The topological polar surface area (TPSA) is 55.6 Å². The number of nitrogen functional groups attached to an aromatic ring is 1. The highest BCUT2D eigenvalue weighted by Crippen LogP contribution is 2.23. The molecule has 0 saturated carbocycles. The molecule has 0 heterocycles. The fourth-order valence-corrected chi connectivity index (χ4v) is 2.40. The molecule has 0 atom stereocenters. The number of aryl methyl sites for hydroxylation is 1. The molecule has 0 unspecified atom stereocenters. The van der Waals surface area contributed by atoms with Crippen LogP contribution in [0.5, 0.6) is 5.75 Å². The molecule has 26 heavy (non-hydrogen) atoms. The molecule has 0 saturated heterocycles. The third kappa shape index (κ3) is 6.84. The van der Waals surface area contributed by atoms with Gasteiger partial charge in [-0.25, -0.2) is 0 Å². The maximum absolute atomic E-state index is 12.3. The summed E-state index contributed by atoms with van der Waals surface area (Å²) in [5, 5.41) is 0. The fourth-order valence-electron chi connectivity index (χ4n) is 2.40. The summed E-state index contributed by atoms with van der Waals surface area (Å²) in [4.78, 5) is 13.7. The van der Waals surface area contributed by atoms with E-state index in [1.165, 1.54) is 23.1 Å². The van der Waals surface area contributed by atoms with Gasteiger partial charge in [-0.3, -0.25) is 4.79 Å². The Bertz CT molecular complexity index is 738. The largest absolute Gasteiger partial charge is 0.573 e. The number of carbonyl (C=O) groups excluding carboxylic acids is 1. The zero-order valence-electron chi connectivity index (χ0n) is 14.1. The van der Waals surface area contributed by atoms with Crippen LogP contribution >= 0.6 is 12.4 Å². The van der Waals surface area contributed by atoms with Gasteiger partial charge in [-0.05, 0) is 35.7 Å². The summed E-state index contributed by atoms with van der Waals surface area (Å²) in [5.74, 6) is -0.423. The van der Waals surface area contributed by atoms with Crippen LogP contribution in [-0.4, -0.2) is 24.2 Å². The van der Waals surface area contributed by atoms with E-state index in [2.05, 4.69) is 4.74 Å². The average molecular weight is 389 g/mol. The van der Waals surface area contributed by atoms with Crippen LogP contribution in [-0.2, 0) is 17.8 Å². The van der Waals surface area contributed by atoms with Crippen LogP contribution in [0.15, 0.2) is 48.5 Å². The number of rotatable bonds is 6. The summed E-state index contributed by atoms with van der Waals surface area (Å²) in [6.07, 6.45) is -3.97. The van der Waals surface area contributed by atoms with Crippen LogP contribution < -0.4 is 10.5 Å². The Morgan fingerprint density at radius 2 is 1.85 bits per heavy atom. The zero-order valence-corrected chi connectivity index (χ0v) is 14.9. The minimum absolute atomic E-state index is 0. The van der Waals surface area contributed by atoms with Crippen LogP contribution in [0.25, 0.3) is 0 Å². The van der Waals surface area contributed by atoms with Gasteiger partial charge in [0.25, 0.3) is 0 Å². The third-order valence-electron chi connectivity index (χ3n) is 3.64. The number of nitrogens with zero attached hydrogens (tertiary/aromatic N) is 1. The van der Waals surface area contributed by atoms with Gasteiger partial charge in [0.05, 0.1) is 0 Å². The summed E-state index contributed by atoms with van der Waals surface area (Å²) in [7, 11) is 1.61. The molecule has 0 spiro atoms. The number of benzene rings is 2. The van der Waals surface area contributed by atoms with Crippen LogP contribution in [0, 0.1) is 0 Å². The van der Waals surface area contributed by atoms with Gasteiger partial charge in [0, 0.05) is 25.7 Å². The molecule has 0 radical (unpaired) electrons. The molecule has 2 rings (SSSR count). The van der Waals surface area contributed by atoms with Crippen LogP contribution in [0.3, 0.4) is 0 Å². The number of hydrogen-bond donors (Lipinski definition) is 1. The number of para-hydroxylation sites is 1. The smallest absolute Gasteiger partial charge is 0.406 e. The Kier molecular flexibility index (Phi) is 7.76. The Morgan fingerprint density at radius 1 is 1.15 bits per heavy atom. The normalized spacial score (nSPS) is 10.8. The van der Waals surface area contributed by atoms with Crippen molar-refractivity contribution in [1.29, 1.82) is 0 Å². The van der Waals surface area contributed by atoms with Crippen molar-refractivity contribution in [2.24, 2.45) is 0 Å². The van der Waals surface area contributed by atoms with E-state index in [9.17, 15) is 18.0 Å². The van der Waals surface area contributed by atoms with Crippen molar-refractivity contribution in [2.75, 3.05) is 12.8 Å².